The zero-order valence-electron chi connectivity index (χ0n) is 10.2. The molecule has 0 aromatic heterocycles. The predicted molar refractivity (Wildman–Crippen MR) is 75.3 cm³/mol. The molecule has 0 fully saturated rings. The van der Waals surface area contributed by atoms with Crippen LogP contribution >= 0.6 is 23.4 Å². The van der Waals surface area contributed by atoms with Crippen LogP contribution in [0.3, 0.4) is 0 Å². The first kappa shape index (κ1) is 14.8. The van der Waals surface area contributed by atoms with Crippen molar-refractivity contribution in [2.75, 3.05) is 5.75 Å². The van der Waals surface area contributed by atoms with Crippen molar-refractivity contribution < 1.29 is 4.39 Å². The Labute approximate surface area is 112 Å². The Balaban J connectivity index is 2.50. The molecule has 0 bridgehead atoms. The summed E-state index contributed by atoms with van der Waals surface area (Å²) >= 11 is 7.74. The fourth-order valence-electron chi connectivity index (χ4n) is 1.45. The molecule has 0 saturated carbocycles. The van der Waals surface area contributed by atoms with Gasteiger partial charge in [0.25, 0.3) is 0 Å². The SMILES string of the molecule is CCC(C)SCC(N)Cc1cccc(F)c1Cl. The topological polar surface area (TPSA) is 26.0 Å². The fraction of sp³-hybridized carbons (Fsp3) is 0.538. The highest BCUT2D eigenvalue weighted by atomic mass is 35.5. The van der Waals surface area contributed by atoms with E-state index in [1.807, 2.05) is 17.8 Å². The maximum absolute atomic E-state index is 13.2. The molecule has 1 nitrogen and oxygen atoms in total. The standard InChI is InChI=1S/C13H19ClFNS/c1-3-9(2)17-8-11(16)7-10-5-4-6-12(15)13(10)14/h4-6,9,11H,3,7-8,16H2,1-2H3. The molecule has 1 aromatic carbocycles. The van der Waals surface area contributed by atoms with Crippen molar-refractivity contribution in [3.05, 3.63) is 34.6 Å². The van der Waals surface area contributed by atoms with E-state index in [0.717, 1.165) is 17.7 Å². The van der Waals surface area contributed by atoms with Gasteiger partial charge in [-0.1, -0.05) is 37.6 Å². The molecule has 1 aromatic rings. The van der Waals surface area contributed by atoms with E-state index in [4.69, 9.17) is 17.3 Å². The van der Waals surface area contributed by atoms with Crippen LogP contribution in [0.15, 0.2) is 18.2 Å². The molecule has 17 heavy (non-hydrogen) atoms. The minimum Gasteiger partial charge on any atom is -0.327 e. The first-order valence-corrected chi connectivity index (χ1v) is 7.27. The monoisotopic (exact) mass is 275 g/mol. The highest BCUT2D eigenvalue weighted by Crippen LogP contribution is 2.22. The molecule has 0 aliphatic rings. The van der Waals surface area contributed by atoms with Gasteiger partial charge in [-0.15, -0.1) is 0 Å². The minimum absolute atomic E-state index is 0.0216. The van der Waals surface area contributed by atoms with Gasteiger partial charge < -0.3 is 5.73 Å². The van der Waals surface area contributed by atoms with E-state index < -0.39 is 0 Å². The number of hydrogen-bond donors (Lipinski definition) is 1. The lowest BCUT2D eigenvalue weighted by atomic mass is 10.1. The van der Waals surface area contributed by atoms with Gasteiger partial charge in [0, 0.05) is 17.0 Å². The van der Waals surface area contributed by atoms with Crippen LogP contribution in [0.1, 0.15) is 25.8 Å². The smallest absolute Gasteiger partial charge is 0.142 e. The van der Waals surface area contributed by atoms with Crippen molar-refractivity contribution >= 4 is 23.4 Å². The van der Waals surface area contributed by atoms with Crippen LogP contribution in [0, 0.1) is 5.82 Å². The Kier molecular flexibility index (Phi) is 6.31. The van der Waals surface area contributed by atoms with E-state index >= 15 is 0 Å². The number of benzene rings is 1. The second-order valence-corrected chi connectivity index (χ2v) is 6.08. The molecule has 0 radical (unpaired) electrons. The molecule has 2 N–H and O–H groups in total. The van der Waals surface area contributed by atoms with Gasteiger partial charge in [-0.05, 0) is 24.5 Å². The summed E-state index contributed by atoms with van der Waals surface area (Å²) in [7, 11) is 0. The molecular weight excluding hydrogens is 257 g/mol. The second-order valence-electron chi connectivity index (χ2n) is 4.23. The van der Waals surface area contributed by atoms with Crippen LogP contribution in [0.25, 0.3) is 0 Å². The maximum atomic E-state index is 13.2. The predicted octanol–water partition coefficient (Wildman–Crippen LogP) is 3.88. The highest BCUT2D eigenvalue weighted by molar-refractivity contribution is 7.99. The largest absolute Gasteiger partial charge is 0.327 e. The molecule has 2 unspecified atom stereocenters. The fourth-order valence-corrected chi connectivity index (χ4v) is 2.59. The number of rotatable bonds is 6. The van der Waals surface area contributed by atoms with E-state index in [2.05, 4.69) is 13.8 Å². The average Bonchev–Trinajstić information content (AvgIpc) is 2.32. The lowest BCUT2D eigenvalue weighted by Gasteiger charge is -2.15. The maximum Gasteiger partial charge on any atom is 0.142 e. The zero-order chi connectivity index (χ0) is 12.8. The van der Waals surface area contributed by atoms with Gasteiger partial charge in [0.2, 0.25) is 0 Å². The van der Waals surface area contributed by atoms with Crippen LogP contribution in [-0.4, -0.2) is 17.0 Å². The van der Waals surface area contributed by atoms with Crippen molar-refractivity contribution in [2.45, 2.75) is 38.0 Å². The van der Waals surface area contributed by atoms with Crippen molar-refractivity contribution in [3.63, 3.8) is 0 Å². The van der Waals surface area contributed by atoms with Gasteiger partial charge in [0.1, 0.15) is 5.82 Å². The van der Waals surface area contributed by atoms with Gasteiger partial charge in [0.15, 0.2) is 0 Å². The Morgan fingerprint density at radius 2 is 2.18 bits per heavy atom. The summed E-state index contributed by atoms with van der Waals surface area (Å²) in [5, 5.41) is 0.820. The molecule has 0 aliphatic heterocycles. The summed E-state index contributed by atoms with van der Waals surface area (Å²) in [6.07, 6.45) is 1.76. The van der Waals surface area contributed by atoms with Gasteiger partial charge in [0.05, 0.1) is 5.02 Å². The van der Waals surface area contributed by atoms with Crippen molar-refractivity contribution in [3.8, 4) is 0 Å². The number of hydrogen-bond acceptors (Lipinski definition) is 2. The molecule has 96 valence electrons. The molecule has 0 aliphatic carbocycles. The molecule has 1 rings (SSSR count). The average molecular weight is 276 g/mol. The molecule has 0 saturated heterocycles. The Hall–Kier alpha value is -0.250. The third kappa shape index (κ3) is 4.86. The van der Waals surface area contributed by atoms with Crippen molar-refractivity contribution in [1.29, 1.82) is 0 Å². The summed E-state index contributed by atoms with van der Waals surface area (Å²) in [6, 6.07) is 4.89. The van der Waals surface area contributed by atoms with E-state index in [-0.39, 0.29) is 16.9 Å². The van der Waals surface area contributed by atoms with E-state index in [9.17, 15) is 4.39 Å². The molecule has 4 heteroatoms. The quantitative estimate of drug-likeness (QED) is 0.853. The van der Waals surface area contributed by atoms with Crippen LogP contribution in [0.4, 0.5) is 4.39 Å². The molecule has 0 amide bonds. The summed E-state index contributed by atoms with van der Waals surface area (Å²) in [5.41, 5.74) is 6.82. The summed E-state index contributed by atoms with van der Waals surface area (Å²) < 4.78 is 13.2. The first-order valence-electron chi connectivity index (χ1n) is 5.84. The second kappa shape index (κ2) is 7.24. The van der Waals surface area contributed by atoms with Gasteiger partial charge in [-0.3, -0.25) is 0 Å². The van der Waals surface area contributed by atoms with Crippen LogP contribution in [-0.2, 0) is 6.42 Å². The number of halogens is 2. The lowest BCUT2D eigenvalue weighted by Crippen LogP contribution is -2.26. The van der Waals surface area contributed by atoms with Crippen LogP contribution in [0.5, 0.6) is 0 Å². The summed E-state index contributed by atoms with van der Waals surface area (Å²) in [6.45, 7) is 4.35. The normalized spacial score (nSPS) is 14.6. The third-order valence-electron chi connectivity index (χ3n) is 2.68. The van der Waals surface area contributed by atoms with Gasteiger partial charge in [-0.25, -0.2) is 4.39 Å². The van der Waals surface area contributed by atoms with E-state index in [1.54, 1.807) is 6.07 Å². The molecular formula is C13H19ClFNS. The Morgan fingerprint density at radius 3 is 2.82 bits per heavy atom. The van der Waals surface area contributed by atoms with E-state index in [0.29, 0.717) is 11.7 Å². The lowest BCUT2D eigenvalue weighted by molar-refractivity contribution is 0.623. The van der Waals surface area contributed by atoms with Gasteiger partial charge >= 0.3 is 0 Å². The highest BCUT2D eigenvalue weighted by Gasteiger charge is 2.11. The van der Waals surface area contributed by atoms with Crippen molar-refractivity contribution in [1.82, 2.24) is 0 Å². The third-order valence-corrected chi connectivity index (χ3v) is 4.63. The summed E-state index contributed by atoms with van der Waals surface area (Å²) in [5.74, 6) is 0.507. The first-order chi connectivity index (χ1) is 8.04. The van der Waals surface area contributed by atoms with Gasteiger partial charge in [-0.2, -0.15) is 11.8 Å². The minimum atomic E-state index is -0.369. The summed E-state index contributed by atoms with van der Waals surface area (Å²) in [4.78, 5) is 0. The number of thioether (sulfide) groups is 1. The number of nitrogens with two attached hydrogens (primary N) is 1. The Bertz CT molecular complexity index is 359. The van der Waals surface area contributed by atoms with Crippen molar-refractivity contribution in [2.24, 2.45) is 5.73 Å². The Morgan fingerprint density at radius 1 is 1.47 bits per heavy atom. The molecule has 0 spiro atoms. The van der Waals surface area contributed by atoms with E-state index in [1.165, 1.54) is 6.07 Å². The molecule has 0 heterocycles. The molecule has 2 atom stereocenters. The van der Waals surface area contributed by atoms with Crippen LogP contribution < -0.4 is 5.73 Å². The zero-order valence-corrected chi connectivity index (χ0v) is 11.8. The van der Waals surface area contributed by atoms with Crippen LogP contribution in [0.2, 0.25) is 5.02 Å².